The van der Waals surface area contributed by atoms with Gasteiger partial charge in [0, 0.05) is 6.07 Å². The Morgan fingerprint density at radius 1 is 1.38 bits per heavy atom. The number of nitrogens with zero attached hydrogens (tertiary/aromatic N) is 1. The largest absolute Gasteiger partial charge is 0.465 e. The number of hydrogen-bond donors (Lipinski definition) is 1. The summed E-state index contributed by atoms with van der Waals surface area (Å²) in [5.74, 6) is -1.81. The Hall–Kier alpha value is -1.98. The Balaban J connectivity index is 3.20. The molecule has 0 aliphatic rings. The fraction of sp³-hybridized carbons (Fsp3) is 0.200. The number of benzene rings is 1. The number of amides is 1. The van der Waals surface area contributed by atoms with Crippen LogP contribution in [-0.4, -0.2) is 23.5 Å². The van der Waals surface area contributed by atoms with Gasteiger partial charge in [-0.15, -0.1) is 0 Å². The molecule has 0 heterocycles. The minimum atomic E-state index is -1.45. The van der Waals surface area contributed by atoms with Crippen LogP contribution in [0.1, 0.15) is 6.92 Å². The van der Waals surface area contributed by atoms with Crippen molar-refractivity contribution in [1.29, 1.82) is 0 Å². The quantitative estimate of drug-likeness (QED) is 0.807. The van der Waals surface area contributed by atoms with Crippen molar-refractivity contribution in [3.05, 3.63) is 29.8 Å². The molecule has 1 amide bonds. The number of halogens is 2. The second-order valence-electron chi connectivity index (χ2n) is 3.16. The molecular weight excluding hydrogens is 220 g/mol. The summed E-state index contributed by atoms with van der Waals surface area (Å²) in [6, 6.07) is 1.29. The molecule has 0 saturated heterocycles. The van der Waals surface area contributed by atoms with Gasteiger partial charge in [0.25, 0.3) is 0 Å². The van der Waals surface area contributed by atoms with Crippen molar-refractivity contribution >= 4 is 18.1 Å². The Labute approximate surface area is 90.1 Å². The summed E-state index contributed by atoms with van der Waals surface area (Å²) in [5, 5.41) is 8.83. The smallest absolute Gasteiger partial charge is 0.412 e. The van der Waals surface area contributed by atoms with E-state index in [1.165, 1.54) is 6.92 Å². The van der Waals surface area contributed by atoms with Crippen LogP contribution in [0.15, 0.2) is 18.2 Å². The molecule has 4 nitrogen and oxygen atoms in total. The molecule has 86 valence electrons. The number of hydrogen-bond acceptors (Lipinski definition) is 2. The van der Waals surface area contributed by atoms with Crippen LogP contribution in [0.3, 0.4) is 0 Å². The van der Waals surface area contributed by atoms with E-state index in [1.54, 1.807) is 0 Å². The highest BCUT2D eigenvalue weighted by atomic mass is 19.1. The van der Waals surface area contributed by atoms with Crippen molar-refractivity contribution in [3.8, 4) is 0 Å². The van der Waals surface area contributed by atoms with Gasteiger partial charge in [-0.05, 0) is 19.1 Å². The maximum absolute atomic E-state index is 12.9. The third kappa shape index (κ3) is 2.53. The topological polar surface area (TPSA) is 57.6 Å². The number of carbonyl (C=O) groups is 2. The molecule has 0 aromatic heterocycles. The normalized spacial score (nSPS) is 11.9. The molecule has 1 rings (SSSR count). The first-order chi connectivity index (χ1) is 7.45. The van der Waals surface area contributed by atoms with Crippen molar-refractivity contribution in [1.82, 2.24) is 0 Å². The van der Waals surface area contributed by atoms with Crippen molar-refractivity contribution < 1.29 is 23.5 Å². The van der Waals surface area contributed by atoms with Crippen LogP contribution in [0.25, 0.3) is 0 Å². The minimum Gasteiger partial charge on any atom is -0.465 e. The molecule has 0 fully saturated rings. The Morgan fingerprint density at radius 3 is 2.25 bits per heavy atom. The first kappa shape index (κ1) is 12.1. The van der Waals surface area contributed by atoms with Crippen LogP contribution in [-0.2, 0) is 4.79 Å². The van der Waals surface area contributed by atoms with Crippen LogP contribution >= 0.6 is 0 Å². The molecule has 0 bridgehead atoms. The molecule has 0 radical (unpaired) electrons. The highest BCUT2D eigenvalue weighted by molar-refractivity contribution is 5.90. The van der Waals surface area contributed by atoms with Gasteiger partial charge in [-0.3, -0.25) is 4.90 Å². The highest BCUT2D eigenvalue weighted by Crippen LogP contribution is 2.19. The molecule has 0 spiro atoms. The number of carboxylic acid groups (broad SMARTS) is 1. The summed E-state index contributed by atoms with van der Waals surface area (Å²) in [4.78, 5) is 21.9. The third-order valence-corrected chi connectivity index (χ3v) is 1.94. The summed E-state index contributed by atoms with van der Waals surface area (Å²) >= 11 is 0. The standard InChI is InChI=1S/C10H9F2NO3/c1-6(5-14)13(10(15)16)9-3-7(11)2-8(12)4-9/h2-6H,1H3,(H,15,16). The van der Waals surface area contributed by atoms with E-state index in [0.29, 0.717) is 17.3 Å². The molecular formula is C10H9F2NO3. The van der Waals surface area contributed by atoms with Gasteiger partial charge in [-0.1, -0.05) is 0 Å². The zero-order chi connectivity index (χ0) is 12.3. The summed E-state index contributed by atoms with van der Waals surface area (Å²) in [5.41, 5.74) is -0.218. The lowest BCUT2D eigenvalue weighted by Gasteiger charge is -2.22. The first-order valence-electron chi connectivity index (χ1n) is 4.39. The van der Waals surface area contributed by atoms with Gasteiger partial charge in [0.1, 0.15) is 17.9 Å². The van der Waals surface area contributed by atoms with Gasteiger partial charge in [-0.2, -0.15) is 0 Å². The zero-order valence-corrected chi connectivity index (χ0v) is 8.35. The van der Waals surface area contributed by atoms with Gasteiger partial charge in [-0.25, -0.2) is 13.6 Å². The van der Waals surface area contributed by atoms with E-state index < -0.39 is 23.8 Å². The number of carbonyl (C=O) groups excluding carboxylic acids is 1. The molecule has 1 aromatic carbocycles. The predicted molar refractivity (Wildman–Crippen MR) is 52.4 cm³/mol. The predicted octanol–water partition coefficient (Wildman–Crippen LogP) is 2.04. The zero-order valence-electron chi connectivity index (χ0n) is 8.35. The van der Waals surface area contributed by atoms with E-state index in [0.717, 1.165) is 12.1 Å². The molecule has 1 aromatic rings. The molecule has 6 heteroatoms. The van der Waals surface area contributed by atoms with Gasteiger partial charge < -0.3 is 9.90 Å². The van der Waals surface area contributed by atoms with Crippen molar-refractivity contribution in [3.63, 3.8) is 0 Å². The average molecular weight is 229 g/mol. The van der Waals surface area contributed by atoms with E-state index >= 15 is 0 Å². The molecule has 0 aliphatic carbocycles. The summed E-state index contributed by atoms with van der Waals surface area (Å²) in [6.07, 6.45) is -1.08. The van der Waals surface area contributed by atoms with Gasteiger partial charge >= 0.3 is 6.09 Å². The van der Waals surface area contributed by atoms with E-state index in [-0.39, 0.29) is 5.69 Å². The molecule has 16 heavy (non-hydrogen) atoms. The number of rotatable bonds is 3. The minimum absolute atomic E-state index is 0.218. The summed E-state index contributed by atoms with van der Waals surface area (Å²) in [6.45, 7) is 1.31. The number of anilines is 1. The van der Waals surface area contributed by atoms with E-state index in [1.807, 2.05) is 0 Å². The fourth-order valence-corrected chi connectivity index (χ4v) is 1.26. The lowest BCUT2D eigenvalue weighted by molar-refractivity contribution is -0.108. The Bertz CT molecular complexity index is 402. The SMILES string of the molecule is CC(C=O)N(C(=O)O)c1cc(F)cc(F)c1. The number of aldehydes is 1. The molecule has 0 aliphatic heterocycles. The van der Waals surface area contributed by atoms with E-state index in [2.05, 4.69) is 0 Å². The fourth-order valence-electron chi connectivity index (χ4n) is 1.26. The van der Waals surface area contributed by atoms with E-state index in [4.69, 9.17) is 5.11 Å². The van der Waals surface area contributed by atoms with Crippen LogP contribution in [0.5, 0.6) is 0 Å². The lowest BCUT2D eigenvalue weighted by atomic mass is 10.2. The lowest BCUT2D eigenvalue weighted by Crippen LogP contribution is -2.38. The Morgan fingerprint density at radius 2 is 1.88 bits per heavy atom. The van der Waals surface area contributed by atoms with Crippen LogP contribution < -0.4 is 4.90 Å². The van der Waals surface area contributed by atoms with Crippen LogP contribution in [0.4, 0.5) is 19.3 Å². The van der Waals surface area contributed by atoms with Crippen LogP contribution in [0.2, 0.25) is 0 Å². The molecule has 1 unspecified atom stereocenters. The van der Waals surface area contributed by atoms with Crippen molar-refractivity contribution in [2.45, 2.75) is 13.0 Å². The maximum atomic E-state index is 12.9. The van der Waals surface area contributed by atoms with E-state index in [9.17, 15) is 18.4 Å². The van der Waals surface area contributed by atoms with Gasteiger partial charge in [0.2, 0.25) is 0 Å². The summed E-state index contributed by atoms with van der Waals surface area (Å²) < 4.78 is 25.7. The second kappa shape index (κ2) is 4.69. The molecule has 1 N–H and O–H groups in total. The highest BCUT2D eigenvalue weighted by Gasteiger charge is 2.21. The van der Waals surface area contributed by atoms with Gasteiger partial charge in [0.15, 0.2) is 0 Å². The van der Waals surface area contributed by atoms with Crippen LogP contribution in [0, 0.1) is 11.6 Å². The van der Waals surface area contributed by atoms with Gasteiger partial charge in [0.05, 0.1) is 11.7 Å². The monoisotopic (exact) mass is 229 g/mol. The van der Waals surface area contributed by atoms with Crippen molar-refractivity contribution in [2.24, 2.45) is 0 Å². The Kier molecular flexibility index (Phi) is 3.55. The maximum Gasteiger partial charge on any atom is 0.412 e. The third-order valence-electron chi connectivity index (χ3n) is 1.94. The van der Waals surface area contributed by atoms with Crippen molar-refractivity contribution in [2.75, 3.05) is 4.90 Å². The second-order valence-corrected chi connectivity index (χ2v) is 3.16. The average Bonchev–Trinajstić information content (AvgIpc) is 2.15. The first-order valence-corrected chi connectivity index (χ1v) is 4.39. The molecule has 1 atom stereocenters. The summed E-state index contributed by atoms with van der Waals surface area (Å²) in [7, 11) is 0. The molecule has 0 saturated carbocycles.